The first-order valence-electron chi connectivity index (χ1n) is 4.98. The Kier molecular flexibility index (Phi) is 4.19. The first-order chi connectivity index (χ1) is 6.08. The molecule has 0 aliphatic carbocycles. The molecule has 1 saturated heterocycles. The molecule has 0 aromatic heterocycles. The molecule has 0 radical (unpaired) electrons. The van der Waals surface area contributed by atoms with E-state index < -0.39 is 9.84 Å². The van der Waals surface area contributed by atoms with Crippen LogP contribution in [0.4, 0.5) is 0 Å². The van der Waals surface area contributed by atoms with Gasteiger partial charge in [-0.3, -0.25) is 0 Å². The lowest BCUT2D eigenvalue weighted by Crippen LogP contribution is -2.31. The summed E-state index contributed by atoms with van der Waals surface area (Å²) in [5.74, 6) is 0.337. The molecular weight excluding hydrogens is 186 g/mol. The molecule has 1 heterocycles. The van der Waals surface area contributed by atoms with Gasteiger partial charge in [0.1, 0.15) is 9.84 Å². The summed E-state index contributed by atoms with van der Waals surface area (Å²) in [6, 6.07) is 0. The van der Waals surface area contributed by atoms with Crippen molar-refractivity contribution in [3.05, 3.63) is 0 Å². The predicted molar refractivity (Wildman–Crippen MR) is 54.6 cm³/mol. The Labute approximate surface area is 81.0 Å². The molecule has 0 aromatic rings. The minimum Gasteiger partial charge on any atom is -0.303 e. The largest absolute Gasteiger partial charge is 0.303 e. The average molecular weight is 205 g/mol. The van der Waals surface area contributed by atoms with Crippen LogP contribution in [0.15, 0.2) is 0 Å². The number of rotatable bonds is 4. The van der Waals surface area contributed by atoms with E-state index in [-0.39, 0.29) is 0 Å². The summed E-state index contributed by atoms with van der Waals surface area (Å²) in [5, 5.41) is 0. The van der Waals surface area contributed by atoms with E-state index in [1.54, 1.807) is 0 Å². The molecular formula is C9H19NO2S. The van der Waals surface area contributed by atoms with Gasteiger partial charge in [0, 0.05) is 6.26 Å². The molecule has 4 heteroatoms. The maximum Gasteiger partial charge on any atom is 0.147 e. The van der Waals surface area contributed by atoms with Crippen molar-refractivity contribution < 1.29 is 8.42 Å². The molecule has 0 saturated carbocycles. The van der Waals surface area contributed by atoms with E-state index in [4.69, 9.17) is 0 Å². The minimum atomic E-state index is -2.75. The fourth-order valence-corrected chi connectivity index (χ4v) is 2.39. The highest BCUT2D eigenvalue weighted by Gasteiger charge is 2.10. The van der Waals surface area contributed by atoms with Crippen LogP contribution in [0.5, 0.6) is 0 Å². The lowest BCUT2D eigenvalue weighted by atomic mass is 10.1. The first-order valence-corrected chi connectivity index (χ1v) is 7.04. The monoisotopic (exact) mass is 205 g/mol. The number of nitrogens with zero attached hydrogens (tertiary/aromatic N) is 1. The number of hydrogen-bond donors (Lipinski definition) is 0. The third-order valence-electron chi connectivity index (χ3n) is 2.44. The Morgan fingerprint density at radius 1 is 1.15 bits per heavy atom. The molecule has 3 nitrogen and oxygen atoms in total. The molecule has 0 aromatic carbocycles. The van der Waals surface area contributed by atoms with Crippen molar-refractivity contribution in [3.63, 3.8) is 0 Å². The molecule has 1 fully saturated rings. The van der Waals surface area contributed by atoms with Crippen LogP contribution >= 0.6 is 0 Å². The molecule has 1 aliphatic heterocycles. The predicted octanol–water partition coefficient (Wildman–Crippen LogP) is 0.907. The van der Waals surface area contributed by atoms with Crippen LogP contribution in [0.25, 0.3) is 0 Å². The quantitative estimate of drug-likeness (QED) is 0.684. The third kappa shape index (κ3) is 5.26. The Morgan fingerprint density at radius 3 is 2.31 bits per heavy atom. The van der Waals surface area contributed by atoms with Gasteiger partial charge in [0.2, 0.25) is 0 Å². The van der Waals surface area contributed by atoms with E-state index in [0.717, 1.165) is 26.1 Å². The van der Waals surface area contributed by atoms with Crippen molar-refractivity contribution in [1.82, 2.24) is 4.90 Å². The van der Waals surface area contributed by atoms with E-state index in [2.05, 4.69) is 4.90 Å². The van der Waals surface area contributed by atoms with Gasteiger partial charge in [-0.15, -0.1) is 0 Å². The van der Waals surface area contributed by atoms with Gasteiger partial charge in [-0.05, 0) is 38.9 Å². The summed E-state index contributed by atoms with van der Waals surface area (Å²) in [6.07, 6.45) is 5.99. The molecule has 78 valence electrons. The van der Waals surface area contributed by atoms with Gasteiger partial charge in [-0.25, -0.2) is 8.42 Å². The van der Waals surface area contributed by atoms with E-state index in [0.29, 0.717) is 5.75 Å². The Balaban J connectivity index is 2.11. The van der Waals surface area contributed by atoms with Crippen molar-refractivity contribution in [2.24, 2.45) is 0 Å². The summed E-state index contributed by atoms with van der Waals surface area (Å²) in [7, 11) is -2.75. The molecule has 0 spiro atoms. The van der Waals surface area contributed by atoms with Crippen LogP contribution in [0, 0.1) is 0 Å². The topological polar surface area (TPSA) is 37.4 Å². The van der Waals surface area contributed by atoms with Crippen molar-refractivity contribution in [2.45, 2.75) is 25.7 Å². The Morgan fingerprint density at radius 2 is 1.77 bits per heavy atom. The number of hydrogen-bond acceptors (Lipinski definition) is 3. The van der Waals surface area contributed by atoms with Crippen LogP contribution in [-0.2, 0) is 9.84 Å². The highest BCUT2D eigenvalue weighted by atomic mass is 32.2. The zero-order valence-electron chi connectivity index (χ0n) is 8.33. The zero-order chi connectivity index (χ0) is 9.73. The molecule has 0 bridgehead atoms. The first kappa shape index (κ1) is 11.0. The minimum absolute atomic E-state index is 0.337. The van der Waals surface area contributed by atoms with E-state index >= 15 is 0 Å². The lowest BCUT2D eigenvalue weighted by molar-refractivity contribution is 0.229. The smallest absolute Gasteiger partial charge is 0.147 e. The normalized spacial score (nSPS) is 20.4. The van der Waals surface area contributed by atoms with Crippen molar-refractivity contribution in [3.8, 4) is 0 Å². The zero-order valence-corrected chi connectivity index (χ0v) is 9.15. The average Bonchev–Trinajstić information content (AvgIpc) is 2.04. The second-order valence-corrected chi connectivity index (χ2v) is 6.15. The SMILES string of the molecule is CS(=O)(=O)CCCN1CCCCC1. The molecule has 0 amide bonds. The van der Waals surface area contributed by atoms with Crippen molar-refractivity contribution in [2.75, 3.05) is 31.6 Å². The van der Waals surface area contributed by atoms with E-state index in [1.807, 2.05) is 0 Å². The maximum absolute atomic E-state index is 10.9. The van der Waals surface area contributed by atoms with Gasteiger partial charge in [-0.1, -0.05) is 6.42 Å². The number of piperidine rings is 1. The van der Waals surface area contributed by atoms with Crippen molar-refractivity contribution in [1.29, 1.82) is 0 Å². The summed E-state index contributed by atoms with van der Waals surface area (Å²) in [6.45, 7) is 3.26. The molecule has 0 N–H and O–H groups in total. The second-order valence-electron chi connectivity index (χ2n) is 3.89. The summed E-state index contributed by atoms with van der Waals surface area (Å²) in [5.41, 5.74) is 0. The van der Waals surface area contributed by atoms with E-state index in [1.165, 1.54) is 25.5 Å². The van der Waals surface area contributed by atoms with Gasteiger partial charge >= 0.3 is 0 Å². The van der Waals surface area contributed by atoms with Crippen molar-refractivity contribution >= 4 is 9.84 Å². The molecule has 0 unspecified atom stereocenters. The third-order valence-corrected chi connectivity index (χ3v) is 3.47. The second kappa shape index (κ2) is 4.96. The van der Waals surface area contributed by atoms with Gasteiger partial charge in [0.15, 0.2) is 0 Å². The lowest BCUT2D eigenvalue weighted by Gasteiger charge is -2.26. The summed E-state index contributed by atoms with van der Waals surface area (Å²) >= 11 is 0. The summed E-state index contributed by atoms with van der Waals surface area (Å²) in [4.78, 5) is 2.37. The van der Waals surface area contributed by atoms with Crippen LogP contribution in [-0.4, -0.2) is 45.0 Å². The fourth-order valence-electron chi connectivity index (χ4n) is 1.73. The Hall–Kier alpha value is -0.0900. The van der Waals surface area contributed by atoms with Crippen LogP contribution in [0.2, 0.25) is 0 Å². The standard InChI is InChI=1S/C9H19NO2S/c1-13(11,12)9-5-8-10-6-3-2-4-7-10/h2-9H2,1H3. The highest BCUT2D eigenvalue weighted by Crippen LogP contribution is 2.08. The Bertz CT molecular complexity index is 230. The number of sulfone groups is 1. The van der Waals surface area contributed by atoms with Gasteiger partial charge in [0.05, 0.1) is 5.75 Å². The molecule has 13 heavy (non-hydrogen) atoms. The molecule has 0 atom stereocenters. The van der Waals surface area contributed by atoms with Gasteiger partial charge in [0.25, 0.3) is 0 Å². The summed E-state index contributed by atoms with van der Waals surface area (Å²) < 4.78 is 21.7. The number of likely N-dealkylation sites (tertiary alicyclic amines) is 1. The van der Waals surface area contributed by atoms with Gasteiger partial charge in [-0.2, -0.15) is 0 Å². The van der Waals surface area contributed by atoms with E-state index in [9.17, 15) is 8.42 Å². The van der Waals surface area contributed by atoms with Crippen LogP contribution < -0.4 is 0 Å². The van der Waals surface area contributed by atoms with Crippen LogP contribution in [0.1, 0.15) is 25.7 Å². The van der Waals surface area contributed by atoms with Gasteiger partial charge < -0.3 is 4.90 Å². The van der Waals surface area contributed by atoms with Crippen LogP contribution in [0.3, 0.4) is 0 Å². The fraction of sp³-hybridized carbons (Fsp3) is 1.00. The maximum atomic E-state index is 10.9. The molecule has 1 rings (SSSR count). The highest BCUT2D eigenvalue weighted by molar-refractivity contribution is 7.90. The molecule has 1 aliphatic rings.